The van der Waals surface area contributed by atoms with Crippen molar-refractivity contribution in [2.24, 2.45) is 0 Å². The topological polar surface area (TPSA) is 105 Å². The van der Waals surface area contributed by atoms with Crippen molar-refractivity contribution in [2.45, 2.75) is 32.2 Å². The summed E-state index contributed by atoms with van der Waals surface area (Å²) in [4.78, 5) is 29.1. The summed E-state index contributed by atoms with van der Waals surface area (Å²) in [5.41, 5.74) is 3.24. The summed E-state index contributed by atoms with van der Waals surface area (Å²) < 4.78 is 7.51. The van der Waals surface area contributed by atoms with E-state index < -0.39 is 0 Å². The standard InChI is InChI=1S/C31H35N7O3/c1-22(39)32-24-6-8-25(9-7-24)33-31(40)20-23-21-38(28-5-3-2-4-27(23)28)30-11-10-29(34-35-30)37-14-12-26(13-15-37)36-16-18-41-19-17-36/h2-11,21,26H,12-20H2,1H3,(H,32,39)(H,33,40). The summed E-state index contributed by atoms with van der Waals surface area (Å²) in [6, 6.07) is 19.8. The molecule has 0 bridgehead atoms. The van der Waals surface area contributed by atoms with E-state index in [1.165, 1.54) is 6.92 Å². The van der Waals surface area contributed by atoms with E-state index in [-0.39, 0.29) is 18.2 Å². The number of carbonyl (C=O) groups is 2. The number of anilines is 3. The first-order valence-corrected chi connectivity index (χ1v) is 14.2. The van der Waals surface area contributed by atoms with Crippen molar-refractivity contribution < 1.29 is 14.3 Å². The van der Waals surface area contributed by atoms with Gasteiger partial charge in [-0.25, -0.2) is 0 Å². The van der Waals surface area contributed by atoms with Crippen molar-refractivity contribution in [1.29, 1.82) is 0 Å². The summed E-state index contributed by atoms with van der Waals surface area (Å²) in [7, 11) is 0. The molecular weight excluding hydrogens is 518 g/mol. The Morgan fingerprint density at radius 3 is 2.20 bits per heavy atom. The van der Waals surface area contributed by atoms with Gasteiger partial charge in [-0.1, -0.05) is 18.2 Å². The normalized spacial score (nSPS) is 16.6. The quantitative estimate of drug-likeness (QED) is 0.358. The van der Waals surface area contributed by atoms with Gasteiger partial charge in [-0.15, -0.1) is 10.2 Å². The molecule has 2 aromatic heterocycles. The number of carbonyl (C=O) groups excluding carboxylic acids is 2. The number of benzene rings is 2. The lowest BCUT2D eigenvalue weighted by molar-refractivity contribution is -0.116. The van der Waals surface area contributed by atoms with Gasteiger partial charge in [0.1, 0.15) is 0 Å². The van der Waals surface area contributed by atoms with Crippen LogP contribution in [0.3, 0.4) is 0 Å². The van der Waals surface area contributed by atoms with Gasteiger partial charge in [0.15, 0.2) is 11.6 Å². The van der Waals surface area contributed by atoms with Crippen LogP contribution in [-0.4, -0.2) is 76.9 Å². The molecule has 4 aromatic rings. The second kappa shape index (κ2) is 12.1. The number of hydrogen-bond acceptors (Lipinski definition) is 7. The molecule has 2 fully saturated rings. The number of piperidine rings is 1. The van der Waals surface area contributed by atoms with Crippen LogP contribution < -0.4 is 15.5 Å². The number of nitrogens with zero attached hydrogens (tertiary/aromatic N) is 5. The van der Waals surface area contributed by atoms with Crippen molar-refractivity contribution in [3.8, 4) is 5.82 Å². The van der Waals surface area contributed by atoms with Crippen LogP contribution in [0.5, 0.6) is 0 Å². The fraction of sp³-hybridized carbons (Fsp3) is 0.355. The van der Waals surface area contributed by atoms with Gasteiger partial charge in [0.25, 0.3) is 0 Å². The summed E-state index contributed by atoms with van der Waals surface area (Å²) in [6.07, 6.45) is 4.43. The summed E-state index contributed by atoms with van der Waals surface area (Å²) in [5, 5.41) is 15.9. The van der Waals surface area contributed by atoms with E-state index in [0.29, 0.717) is 23.2 Å². The zero-order chi connectivity index (χ0) is 28.2. The molecule has 10 nitrogen and oxygen atoms in total. The van der Waals surface area contributed by atoms with Crippen molar-refractivity contribution in [3.05, 3.63) is 72.4 Å². The third-order valence-electron chi connectivity index (χ3n) is 7.87. The fourth-order valence-electron chi connectivity index (χ4n) is 5.82. The number of aromatic nitrogens is 3. The lowest BCUT2D eigenvalue weighted by Crippen LogP contribution is -2.49. The highest BCUT2D eigenvalue weighted by atomic mass is 16.5. The molecule has 0 spiro atoms. The third kappa shape index (κ3) is 6.23. The molecule has 0 saturated carbocycles. The molecule has 0 aliphatic carbocycles. The van der Waals surface area contributed by atoms with Crippen LogP contribution in [0, 0.1) is 0 Å². The van der Waals surface area contributed by atoms with Gasteiger partial charge in [-0.3, -0.25) is 19.1 Å². The Labute approximate surface area is 239 Å². The maximum atomic E-state index is 12.9. The molecule has 0 atom stereocenters. The molecule has 0 unspecified atom stereocenters. The number of morpholine rings is 1. The highest BCUT2D eigenvalue weighted by Gasteiger charge is 2.26. The molecule has 0 radical (unpaired) electrons. The van der Waals surface area contributed by atoms with Crippen LogP contribution >= 0.6 is 0 Å². The number of fused-ring (bicyclic) bond motifs is 1. The smallest absolute Gasteiger partial charge is 0.228 e. The van der Waals surface area contributed by atoms with Crippen LogP contribution in [0.4, 0.5) is 17.2 Å². The minimum atomic E-state index is -0.137. The molecule has 41 heavy (non-hydrogen) atoms. The van der Waals surface area contributed by atoms with E-state index >= 15 is 0 Å². The predicted octanol–water partition coefficient (Wildman–Crippen LogP) is 3.86. The number of rotatable bonds is 7. The van der Waals surface area contributed by atoms with E-state index in [2.05, 4.69) is 30.6 Å². The van der Waals surface area contributed by atoms with Gasteiger partial charge >= 0.3 is 0 Å². The lowest BCUT2D eigenvalue weighted by atomic mass is 10.0. The Hall–Kier alpha value is -4.28. The second-order valence-electron chi connectivity index (χ2n) is 10.6. The van der Waals surface area contributed by atoms with E-state index in [0.717, 1.165) is 74.5 Å². The zero-order valence-corrected chi connectivity index (χ0v) is 23.3. The third-order valence-corrected chi connectivity index (χ3v) is 7.87. The van der Waals surface area contributed by atoms with Crippen molar-refractivity contribution in [3.63, 3.8) is 0 Å². The van der Waals surface area contributed by atoms with Gasteiger partial charge in [0, 0.05) is 62.1 Å². The van der Waals surface area contributed by atoms with E-state index in [9.17, 15) is 9.59 Å². The molecule has 10 heteroatoms. The molecule has 2 amide bonds. The minimum Gasteiger partial charge on any atom is -0.379 e. The molecule has 2 N–H and O–H groups in total. The van der Waals surface area contributed by atoms with Gasteiger partial charge in [0.2, 0.25) is 11.8 Å². The van der Waals surface area contributed by atoms with Gasteiger partial charge in [0.05, 0.1) is 25.2 Å². The fourth-order valence-corrected chi connectivity index (χ4v) is 5.82. The Kier molecular flexibility index (Phi) is 7.93. The lowest BCUT2D eigenvalue weighted by Gasteiger charge is -2.40. The first kappa shape index (κ1) is 26.9. The average molecular weight is 554 g/mol. The maximum Gasteiger partial charge on any atom is 0.228 e. The van der Waals surface area contributed by atoms with Gasteiger partial charge in [-0.2, -0.15) is 0 Å². The summed E-state index contributed by atoms with van der Waals surface area (Å²) in [5.74, 6) is 1.35. The largest absolute Gasteiger partial charge is 0.379 e. The number of ether oxygens (including phenoxy) is 1. The highest BCUT2D eigenvalue weighted by Crippen LogP contribution is 2.27. The van der Waals surface area contributed by atoms with Crippen LogP contribution in [0.25, 0.3) is 16.7 Å². The summed E-state index contributed by atoms with van der Waals surface area (Å²) >= 11 is 0. The van der Waals surface area contributed by atoms with E-state index in [1.54, 1.807) is 24.3 Å². The molecule has 212 valence electrons. The average Bonchev–Trinajstić information content (AvgIpc) is 3.36. The van der Waals surface area contributed by atoms with E-state index in [4.69, 9.17) is 4.74 Å². The predicted molar refractivity (Wildman–Crippen MR) is 160 cm³/mol. The Bertz CT molecular complexity index is 1500. The Morgan fingerprint density at radius 2 is 1.51 bits per heavy atom. The minimum absolute atomic E-state index is 0.123. The maximum absolute atomic E-state index is 12.9. The molecule has 2 aliphatic rings. The van der Waals surface area contributed by atoms with Crippen molar-refractivity contribution in [1.82, 2.24) is 19.7 Å². The summed E-state index contributed by atoms with van der Waals surface area (Å²) in [6.45, 7) is 7.13. The van der Waals surface area contributed by atoms with Gasteiger partial charge in [-0.05, 0) is 60.9 Å². The SMILES string of the molecule is CC(=O)Nc1ccc(NC(=O)Cc2cn(-c3ccc(N4CCC(N5CCOCC5)CC4)nn3)c3ccccc23)cc1. The van der Waals surface area contributed by atoms with Crippen LogP contribution in [0.15, 0.2) is 66.9 Å². The molecule has 6 rings (SSSR count). The highest BCUT2D eigenvalue weighted by molar-refractivity contribution is 5.96. The van der Waals surface area contributed by atoms with E-state index in [1.807, 2.05) is 47.2 Å². The molecule has 2 aromatic carbocycles. The number of para-hydroxylation sites is 1. The van der Waals surface area contributed by atoms with Crippen LogP contribution in [-0.2, 0) is 20.7 Å². The molecule has 4 heterocycles. The van der Waals surface area contributed by atoms with Crippen LogP contribution in [0.1, 0.15) is 25.3 Å². The monoisotopic (exact) mass is 553 g/mol. The molecule has 2 aliphatic heterocycles. The zero-order valence-electron chi connectivity index (χ0n) is 23.3. The first-order chi connectivity index (χ1) is 20.0. The van der Waals surface area contributed by atoms with Crippen molar-refractivity contribution in [2.75, 3.05) is 54.9 Å². The Morgan fingerprint density at radius 1 is 0.854 bits per heavy atom. The number of hydrogen-bond donors (Lipinski definition) is 2. The second-order valence-corrected chi connectivity index (χ2v) is 10.6. The Balaban J connectivity index is 1.13. The number of nitrogens with one attached hydrogen (secondary N) is 2. The molecule has 2 saturated heterocycles. The number of amides is 2. The molecular formula is C31H35N7O3. The van der Waals surface area contributed by atoms with Crippen LogP contribution in [0.2, 0.25) is 0 Å². The van der Waals surface area contributed by atoms with Crippen molar-refractivity contribution >= 4 is 39.9 Å². The first-order valence-electron chi connectivity index (χ1n) is 14.2. The van der Waals surface area contributed by atoms with Gasteiger partial charge < -0.3 is 20.3 Å².